The Kier molecular flexibility index (Phi) is 7.48. The normalized spacial score (nSPS) is 26.1. The SMILES string of the molecule is Cc1ccccc1[C@H]1[C@@H]2CN(c3cc(N4CCCCC4)ncn3)C[C@@H]2CN1C.Cl.Cl. The number of rotatable bonds is 3. The molecule has 164 valence electrons. The third-order valence-electron chi connectivity index (χ3n) is 7.04. The molecule has 2 aromatic rings. The van der Waals surface area contributed by atoms with Gasteiger partial charge in [0.2, 0.25) is 0 Å². The molecule has 0 unspecified atom stereocenters. The van der Waals surface area contributed by atoms with E-state index in [1.807, 2.05) is 0 Å². The maximum absolute atomic E-state index is 4.65. The number of benzene rings is 1. The second kappa shape index (κ2) is 9.71. The first kappa shape index (κ1) is 23.1. The lowest BCUT2D eigenvalue weighted by Crippen LogP contribution is -2.32. The smallest absolute Gasteiger partial charge is 0.134 e. The number of aromatic nitrogens is 2. The molecular formula is C23H33Cl2N5. The van der Waals surface area contributed by atoms with Crippen molar-refractivity contribution in [3.63, 3.8) is 0 Å². The maximum atomic E-state index is 4.65. The van der Waals surface area contributed by atoms with E-state index in [2.05, 4.69) is 69.0 Å². The van der Waals surface area contributed by atoms with E-state index < -0.39 is 0 Å². The second-order valence-corrected chi connectivity index (χ2v) is 8.85. The fraction of sp³-hybridized carbons (Fsp3) is 0.565. The van der Waals surface area contributed by atoms with Gasteiger partial charge in [0.05, 0.1) is 0 Å². The molecule has 5 rings (SSSR count). The summed E-state index contributed by atoms with van der Waals surface area (Å²) in [5.41, 5.74) is 2.91. The Hall–Kier alpha value is -1.56. The van der Waals surface area contributed by atoms with Crippen molar-refractivity contribution in [1.29, 1.82) is 0 Å². The molecule has 3 atom stereocenters. The van der Waals surface area contributed by atoms with Crippen LogP contribution >= 0.6 is 24.8 Å². The molecule has 7 heteroatoms. The predicted octanol–water partition coefficient (Wildman–Crippen LogP) is 4.36. The summed E-state index contributed by atoms with van der Waals surface area (Å²) >= 11 is 0. The van der Waals surface area contributed by atoms with Gasteiger partial charge in [0.15, 0.2) is 0 Å². The summed E-state index contributed by atoms with van der Waals surface area (Å²) in [5.74, 6) is 3.59. The molecule has 0 N–H and O–H groups in total. The highest BCUT2D eigenvalue weighted by molar-refractivity contribution is 5.85. The van der Waals surface area contributed by atoms with E-state index in [1.165, 1.54) is 36.9 Å². The topological polar surface area (TPSA) is 35.5 Å². The van der Waals surface area contributed by atoms with Crippen LogP contribution in [-0.4, -0.2) is 54.6 Å². The second-order valence-electron chi connectivity index (χ2n) is 8.85. The first-order valence-electron chi connectivity index (χ1n) is 10.8. The van der Waals surface area contributed by atoms with Gasteiger partial charge in [-0.2, -0.15) is 0 Å². The lowest BCUT2D eigenvalue weighted by molar-refractivity contribution is 0.279. The van der Waals surface area contributed by atoms with Crippen molar-refractivity contribution in [1.82, 2.24) is 14.9 Å². The first-order valence-corrected chi connectivity index (χ1v) is 10.8. The molecule has 4 heterocycles. The van der Waals surface area contributed by atoms with Crippen LogP contribution < -0.4 is 9.80 Å². The molecule has 0 saturated carbocycles. The molecule has 0 bridgehead atoms. The average molecular weight is 450 g/mol. The van der Waals surface area contributed by atoms with Crippen LogP contribution in [0.1, 0.15) is 36.4 Å². The number of halogens is 2. The summed E-state index contributed by atoms with van der Waals surface area (Å²) in [6.07, 6.45) is 5.66. The van der Waals surface area contributed by atoms with E-state index in [9.17, 15) is 0 Å². The zero-order chi connectivity index (χ0) is 19.1. The Bertz CT molecular complexity index is 842. The van der Waals surface area contributed by atoms with Gasteiger partial charge in [-0.05, 0) is 50.3 Å². The minimum Gasteiger partial charge on any atom is -0.356 e. The van der Waals surface area contributed by atoms with Crippen LogP contribution in [-0.2, 0) is 0 Å². The van der Waals surface area contributed by atoms with Crippen molar-refractivity contribution in [3.05, 3.63) is 47.8 Å². The minimum absolute atomic E-state index is 0. The molecule has 0 spiro atoms. The summed E-state index contributed by atoms with van der Waals surface area (Å²) in [7, 11) is 2.29. The first-order chi connectivity index (χ1) is 13.7. The fourth-order valence-corrected chi connectivity index (χ4v) is 5.64. The molecule has 5 nitrogen and oxygen atoms in total. The van der Waals surface area contributed by atoms with Crippen LogP contribution in [0.5, 0.6) is 0 Å². The third-order valence-corrected chi connectivity index (χ3v) is 7.04. The van der Waals surface area contributed by atoms with E-state index in [0.717, 1.165) is 37.8 Å². The molecule has 3 aliphatic heterocycles. The molecule has 1 aromatic carbocycles. The van der Waals surface area contributed by atoms with Crippen LogP contribution in [0.15, 0.2) is 36.7 Å². The Balaban J connectivity index is 0.00000128. The number of anilines is 2. The summed E-state index contributed by atoms with van der Waals surface area (Å²) in [4.78, 5) is 16.7. The summed E-state index contributed by atoms with van der Waals surface area (Å²) in [6, 6.07) is 11.6. The van der Waals surface area contributed by atoms with Gasteiger partial charge in [0, 0.05) is 50.7 Å². The quantitative estimate of drug-likeness (QED) is 0.695. The lowest BCUT2D eigenvalue weighted by Gasteiger charge is -2.30. The molecule has 30 heavy (non-hydrogen) atoms. The third kappa shape index (κ3) is 4.25. The van der Waals surface area contributed by atoms with E-state index in [0.29, 0.717) is 17.9 Å². The lowest BCUT2D eigenvalue weighted by atomic mass is 9.88. The summed E-state index contributed by atoms with van der Waals surface area (Å²) in [5, 5.41) is 0. The van der Waals surface area contributed by atoms with Gasteiger partial charge in [0.1, 0.15) is 18.0 Å². The van der Waals surface area contributed by atoms with Crippen molar-refractivity contribution >= 4 is 36.4 Å². The van der Waals surface area contributed by atoms with E-state index >= 15 is 0 Å². The number of aryl methyl sites for hydroxylation is 1. The van der Waals surface area contributed by atoms with Gasteiger partial charge in [-0.1, -0.05) is 24.3 Å². The highest BCUT2D eigenvalue weighted by Crippen LogP contribution is 2.45. The van der Waals surface area contributed by atoms with Crippen molar-refractivity contribution in [2.24, 2.45) is 11.8 Å². The highest BCUT2D eigenvalue weighted by Gasteiger charge is 2.46. The van der Waals surface area contributed by atoms with Crippen molar-refractivity contribution in [3.8, 4) is 0 Å². The van der Waals surface area contributed by atoms with Crippen LogP contribution in [0, 0.1) is 18.8 Å². The molecule has 0 radical (unpaired) electrons. The fourth-order valence-electron chi connectivity index (χ4n) is 5.64. The Labute approximate surface area is 192 Å². The molecule has 0 aliphatic carbocycles. The number of hydrogen-bond acceptors (Lipinski definition) is 5. The van der Waals surface area contributed by atoms with Crippen LogP contribution in [0.25, 0.3) is 0 Å². The van der Waals surface area contributed by atoms with E-state index in [1.54, 1.807) is 6.33 Å². The number of fused-ring (bicyclic) bond motifs is 1. The molecule has 3 saturated heterocycles. The van der Waals surface area contributed by atoms with Crippen LogP contribution in [0.4, 0.5) is 11.6 Å². The number of hydrogen-bond donors (Lipinski definition) is 0. The van der Waals surface area contributed by atoms with Gasteiger partial charge in [-0.3, -0.25) is 4.90 Å². The van der Waals surface area contributed by atoms with E-state index in [4.69, 9.17) is 0 Å². The summed E-state index contributed by atoms with van der Waals surface area (Å²) < 4.78 is 0. The van der Waals surface area contributed by atoms with Gasteiger partial charge in [-0.25, -0.2) is 9.97 Å². The van der Waals surface area contributed by atoms with Crippen LogP contribution in [0.2, 0.25) is 0 Å². The maximum Gasteiger partial charge on any atom is 0.134 e. The zero-order valence-corrected chi connectivity index (χ0v) is 19.5. The monoisotopic (exact) mass is 449 g/mol. The largest absolute Gasteiger partial charge is 0.356 e. The zero-order valence-electron chi connectivity index (χ0n) is 17.9. The van der Waals surface area contributed by atoms with Crippen molar-refractivity contribution in [2.45, 2.75) is 32.2 Å². The number of piperidine rings is 1. The predicted molar refractivity (Wildman–Crippen MR) is 128 cm³/mol. The molecule has 1 aromatic heterocycles. The molecular weight excluding hydrogens is 417 g/mol. The van der Waals surface area contributed by atoms with Gasteiger partial charge < -0.3 is 9.80 Å². The van der Waals surface area contributed by atoms with Gasteiger partial charge >= 0.3 is 0 Å². The number of nitrogens with zero attached hydrogens (tertiary/aromatic N) is 5. The average Bonchev–Trinajstić information content (AvgIpc) is 3.26. The molecule has 3 fully saturated rings. The Morgan fingerprint density at radius 3 is 2.30 bits per heavy atom. The standard InChI is InChI=1S/C23H31N5.2ClH/c1-17-8-4-5-9-19(17)23-20-15-28(14-18(20)13-26(23)2)22-12-21(24-16-25-22)27-10-6-3-7-11-27;;/h4-5,8-9,12,16,18,20,23H,3,6-7,10-11,13-15H2,1-2H3;2*1H/t18-,20+,23-;;/m0../s1. The highest BCUT2D eigenvalue weighted by atomic mass is 35.5. The van der Waals surface area contributed by atoms with Crippen molar-refractivity contribution in [2.75, 3.05) is 49.6 Å². The van der Waals surface area contributed by atoms with E-state index in [-0.39, 0.29) is 24.8 Å². The molecule has 0 amide bonds. The van der Waals surface area contributed by atoms with Gasteiger partial charge in [0.25, 0.3) is 0 Å². The minimum atomic E-state index is 0. The Morgan fingerprint density at radius 1 is 0.867 bits per heavy atom. The summed E-state index contributed by atoms with van der Waals surface area (Å²) in [6.45, 7) is 7.87. The molecule has 3 aliphatic rings. The van der Waals surface area contributed by atoms with Crippen LogP contribution in [0.3, 0.4) is 0 Å². The number of likely N-dealkylation sites (tertiary alicyclic amines) is 1. The van der Waals surface area contributed by atoms with Gasteiger partial charge in [-0.15, -0.1) is 24.8 Å². The van der Waals surface area contributed by atoms with Crippen molar-refractivity contribution < 1.29 is 0 Å². The Morgan fingerprint density at radius 2 is 1.57 bits per heavy atom.